The topological polar surface area (TPSA) is 93.4 Å². The van der Waals surface area contributed by atoms with Gasteiger partial charge in [0.1, 0.15) is 0 Å². The van der Waals surface area contributed by atoms with E-state index in [1.54, 1.807) is 39.0 Å². The summed E-state index contributed by atoms with van der Waals surface area (Å²) in [5.74, 6) is 0.181. The minimum absolute atomic E-state index is 0.0234. The second kappa shape index (κ2) is 10.4. The van der Waals surface area contributed by atoms with Gasteiger partial charge in [0.2, 0.25) is 15.9 Å². The number of rotatable bonds is 10. The molecule has 170 valence electrons. The highest BCUT2D eigenvalue weighted by Gasteiger charge is 2.23. The normalized spacial score (nSPS) is 12.8. The largest absolute Gasteiger partial charge is 0.411 e. The number of benzene rings is 2. The van der Waals surface area contributed by atoms with Crippen LogP contribution in [0.15, 0.2) is 63.1 Å². The number of thioether (sulfide) groups is 1. The molecule has 0 saturated carbocycles. The van der Waals surface area contributed by atoms with Crippen LogP contribution in [0.25, 0.3) is 11.5 Å². The summed E-state index contributed by atoms with van der Waals surface area (Å²) in [5, 5.41) is 7.92. The van der Waals surface area contributed by atoms with Crippen LogP contribution in [0.3, 0.4) is 0 Å². The Hall–Kier alpha value is -2.49. The minimum Gasteiger partial charge on any atom is -0.411 e. The number of carbonyl (C=O) groups excluding carboxylic acids is 1. The fourth-order valence-electron chi connectivity index (χ4n) is 3.22. The van der Waals surface area contributed by atoms with Crippen LogP contribution in [0.1, 0.15) is 43.6 Å². The highest BCUT2D eigenvalue weighted by Crippen LogP contribution is 2.29. The summed E-state index contributed by atoms with van der Waals surface area (Å²) >= 11 is 1.18. The minimum atomic E-state index is -3.60. The fraction of sp³-hybridized carbons (Fsp3) is 0.348. The van der Waals surface area contributed by atoms with E-state index in [1.807, 2.05) is 24.3 Å². The molecule has 2 aromatic carbocycles. The van der Waals surface area contributed by atoms with Gasteiger partial charge in [0.25, 0.3) is 5.22 Å². The molecule has 0 amide bonds. The maximum absolute atomic E-state index is 12.8. The molecule has 0 bridgehead atoms. The molecule has 0 fully saturated rings. The van der Waals surface area contributed by atoms with Crippen molar-refractivity contribution in [3.8, 4) is 11.5 Å². The Morgan fingerprint density at radius 3 is 2.38 bits per heavy atom. The lowest BCUT2D eigenvalue weighted by Gasteiger charge is -2.18. The predicted molar refractivity (Wildman–Crippen MR) is 125 cm³/mol. The number of Topliss-reactive ketones (excluding diaryl/α,β-unsaturated/α-hetero) is 1. The molecule has 9 heteroatoms. The maximum Gasteiger partial charge on any atom is 0.277 e. The Morgan fingerprint density at radius 1 is 1.06 bits per heavy atom. The average Bonchev–Trinajstić information content (AvgIpc) is 3.28. The number of aryl methyl sites for hydroxylation is 1. The van der Waals surface area contributed by atoms with Crippen LogP contribution in [0, 0.1) is 0 Å². The van der Waals surface area contributed by atoms with E-state index in [0.717, 1.165) is 6.42 Å². The molecular formula is C23H27N3O4S2. The van der Waals surface area contributed by atoms with Crippen LogP contribution >= 0.6 is 11.8 Å². The van der Waals surface area contributed by atoms with Gasteiger partial charge >= 0.3 is 0 Å². The van der Waals surface area contributed by atoms with Crippen molar-refractivity contribution in [2.75, 3.05) is 13.1 Å². The van der Waals surface area contributed by atoms with Crippen molar-refractivity contribution in [2.24, 2.45) is 0 Å². The van der Waals surface area contributed by atoms with Gasteiger partial charge in [-0.25, -0.2) is 8.42 Å². The zero-order valence-electron chi connectivity index (χ0n) is 18.6. The van der Waals surface area contributed by atoms with Gasteiger partial charge in [-0.3, -0.25) is 4.79 Å². The van der Waals surface area contributed by atoms with Gasteiger partial charge in [-0.15, -0.1) is 10.2 Å². The molecular weight excluding hydrogens is 446 g/mol. The summed E-state index contributed by atoms with van der Waals surface area (Å²) in [6.07, 6.45) is 0.918. The second-order valence-corrected chi connectivity index (χ2v) is 10.4. The Morgan fingerprint density at radius 2 is 1.75 bits per heavy atom. The molecule has 3 rings (SSSR count). The molecule has 0 saturated heterocycles. The number of carbonyl (C=O) groups is 1. The van der Waals surface area contributed by atoms with E-state index in [4.69, 9.17) is 4.42 Å². The molecule has 0 aliphatic heterocycles. The highest BCUT2D eigenvalue weighted by molar-refractivity contribution is 8.00. The van der Waals surface area contributed by atoms with Crippen molar-refractivity contribution in [1.82, 2.24) is 14.5 Å². The van der Waals surface area contributed by atoms with Crippen LogP contribution in [0.4, 0.5) is 0 Å². The number of aromatic nitrogens is 2. The maximum atomic E-state index is 12.8. The van der Waals surface area contributed by atoms with Gasteiger partial charge < -0.3 is 4.42 Å². The van der Waals surface area contributed by atoms with Crippen LogP contribution in [0.2, 0.25) is 0 Å². The molecule has 0 aliphatic rings. The first-order chi connectivity index (χ1) is 15.3. The smallest absolute Gasteiger partial charge is 0.277 e. The van der Waals surface area contributed by atoms with E-state index in [-0.39, 0.29) is 21.8 Å². The standard InChI is InChI=1S/C23H27N3O4S2/c1-5-17-11-13-18(14-12-17)21(27)16(4)31-23-25-24-22(30-23)19-9-8-10-20(15-19)32(28,29)26(6-2)7-3/h8-16H,5-7H2,1-4H3. The molecule has 1 unspecified atom stereocenters. The Kier molecular flexibility index (Phi) is 7.86. The van der Waals surface area contributed by atoms with Crippen molar-refractivity contribution in [1.29, 1.82) is 0 Å². The lowest BCUT2D eigenvalue weighted by molar-refractivity contribution is 0.0993. The summed E-state index contributed by atoms with van der Waals surface area (Å²) in [5.41, 5.74) is 2.32. The number of ketones is 1. The lowest BCUT2D eigenvalue weighted by atomic mass is 10.1. The molecule has 1 atom stereocenters. The number of hydrogen-bond donors (Lipinski definition) is 0. The molecule has 7 nitrogen and oxygen atoms in total. The van der Waals surface area contributed by atoms with Gasteiger partial charge in [0.15, 0.2) is 5.78 Å². The number of hydrogen-bond acceptors (Lipinski definition) is 7. The van der Waals surface area contributed by atoms with E-state index >= 15 is 0 Å². The van der Waals surface area contributed by atoms with E-state index in [0.29, 0.717) is 24.2 Å². The monoisotopic (exact) mass is 473 g/mol. The van der Waals surface area contributed by atoms with Crippen LogP contribution in [-0.4, -0.2) is 47.0 Å². The van der Waals surface area contributed by atoms with Gasteiger partial charge in [-0.1, -0.05) is 62.9 Å². The number of nitrogens with zero attached hydrogens (tertiary/aromatic N) is 3. The van der Waals surface area contributed by atoms with Crippen molar-refractivity contribution < 1.29 is 17.6 Å². The van der Waals surface area contributed by atoms with Crippen molar-refractivity contribution in [3.05, 3.63) is 59.7 Å². The van der Waals surface area contributed by atoms with E-state index in [1.165, 1.54) is 27.7 Å². The third-order valence-corrected chi connectivity index (χ3v) is 8.10. The molecule has 0 spiro atoms. The third-order valence-electron chi connectivity index (χ3n) is 5.12. The SMILES string of the molecule is CCc1ccc(C(=O)C(C)Sc2nnc(-c3cccc(S(=O)(=O)N(CC)CC)c3)o2)cc1. The van der Waals surface area contributed by atoms with Crippen molar-refractivity contribution >= 4 is 27.6 Å². The van der Waals surface area contributed by atoms with Crippen LogP contribution in [-0.2, 0) is 16.4 Å². The van der Waals surface area contributed by atoms with E-state index in [9.17, 15) is 13.2 Å². The van der Waals surface area contributed by atoms with Crippen LogP contribution in [0.5, 0.6) is 0 Å². The fourth-order valence-corrected chi connectivity index (χ4v) is 5.49. The first-order valence-corrected chi connectivity index (χ1v) is 12.9. The molecule has 0 N–H and O–H groups in total. The van der Waals surface area contributed by atoms with Gasteiger partial charge in [0.05, 0.1) is 10.1 Å². The van der Waals surface area contributed by atoms with E-state index in [2.05, 4.69) is 17.1 Å². The van der Waals surface area contributed by atoms with Gasteiger partial charge in [-0.2, -0.15) is 4.31 Å². The Bertz CT molecular complexity index is 1170. The third kappa shape index (κ3) is 5.28. The van der Waals surface area contributed by atoms with E-state index < -0.39 is 15.3 Å². The molecule has 0 radical (unpaired) electrons. The second-order valence-electron chi connectivity index (χ2n) is 7.17. The van der Waals surface area contributed by atoms with Gasteiger partial charge in [-0.05, 0) is 37.1 Å². The van der Waals surface area contributed by atoms with Crippen molar-refractivity contribution in [3.63, 3.8) is 0 Å². The lowest BCUT2D eigenvalue weighted by Crippen LogP contribution is -2.30. The molecule has 0 aliphatic carbocycles. The summed E-state index contributed by atoms with van der Waals surface area (Å²) in [6.45, 7) is 8.23. The molecule has 1 heterocycles. The summed E-state index contributed by atoms with van der Waals surface area (Å²) in [7, 11) is -3.60. The zero-order valence-corrected chi connectivity index (χ0v) is 20.2. The summed E-state index contributed by atoms with van der Waals surface area (Å²) in [6, 6.07) is 14.0. The quantitative estimate of drug-likeness (QED) is 0.311. The first kappa shape index (κ1) is 24.2. The summed E-state index contributed by atoms with van der Waals surface area (Å²) in [4.78, 5) is 12.9. The average molecular weight is 474 g/mol. The Balaban J connectivity index is 1.76. The molecule has 32 heavy (non-hydrogen) atoms. The zero-order chi connectivity index (χ0) is 23.3. The van der Waals surface area contributed by atoms with Crippen LogP contribution < -0.4 is 0 Å². The highest BCUT2D eigenvalue weighted by atomic mass is 32.2. The van der Waals surface area contributed by atoms with Gasteiger partial charge in [0, 0.05) is 24.2 Å². The summed E-state index contributed by atoms with van der Waals surface area (Å²) < 4.78 is 32.7. The molecule has 3 aromatic rings. The number of sulfonamides is 1. The molecule has 1 aromatic heterocycles. The predicted octanol–water partition coefficient (Wildman–Crippen LogP) is 4.69. The van der Waals surface area contributed by atoms with Crippen molar-refractivity contribution in [2.45, 2.75) is 49.5 Å². The first-order valence-electron chi connectivity index (χ1n) is 10.5. The Labute approximate surface area is 193 Å².